The lowest BCUT2D eigenvalue weighted by Crippen LogP contribution is -2.37. The molecular weight excluding hydrogens is 834 g/mol. The number of ether oxygens (including phenoxy) is 2. The van der Waals surface area contributed by atoms with Crippen molar-refractivity contribution in [3.05, 3.63) is 24.3 Å². The number of hydrogen-bond acceptors (Lipinski definition) is 7. The fraction of sp³-hybridized carbons (Fsp3) is 0.891. The molecule has 0 aliphatic heterocycles. The summed E-state index contributed by atoms with van der Waals surface area (Å²) in [7, 11) is 1.48. The van der Waals surface area contributed by atoms with Gasteiger partial charge in [0.05, 0.1) is 27.7 Å². The van der Waals surface area contributed by atoms with Crippen LogP contribution in [-0.4, -0.2) is 74.9 Å². The molecule has 0 heterocycles. The van der Waals surface area contributed by atoms with E-state index in [4.69, 9.17) is 18.5 Å². The summed E-state index contributed by atoms with van der Waals surface area (Å²) in [6.45, 7) is 4.44. The quantitative estimate of drug-likeness (QED) is 0.0211. The second-order valence-corrected chi connectivity index (χ2v) is 21.4. The number of nitrogens with zero attached hydrogens (tertiary/aromatic N) is 1. The van der Waals surface area contributed by atoms with E-state index in [0.29, 0.717) is 17.4 Å². The van der Waals surface area contributed by atoms with Gasteiger partial charge in [-0.05, 0) is 64.2 Å². The fourth-order valence-corrected chi connectivity index (χ4v) is 8.63. The van der Waals surface area contributed by atoms with E-state index >= 15 is 0 Å². The first kappa shape index (κ1) is 63.5. The van der Waals surface area contributed by atoms with Crippen molar-refractivity contribution in [3.63, 3.8) is 0 Å². The van der Waals surface area contributed by atoms with E-state index in [1.54, 1.807) is 0 Å². The summed E-state index contributed by atoms with van der Waals surface area (Å²) in [5.41, 5.74) is 0. The number of likely N-dealkylation sites (N-methyl/N-ethyl adjacent to an activating group) is 1. The van der Waals surface area contributed by atoms with Crippen molar-refractivity contribution in [3.8, 4) is 0 Å². The van der Waals surface area contributed by atoms with Gasteiger partial charge in [-0.2, -0.15) is 0 Å². The number of phosphoric ester groups is 1. The number of allylic oxidation sites excluding steroid dienone is 4. The Kier molecular flexibility index (Phi) is 46.4. The molecule has 0 bridgehead atoms. The first-order valence-electron chi connectivity index (χ1n) is 27.6. The van der Waals surface area contributed by atoms with Crippen molar-refractivity contribution in [2.45, 2.75) is 270 Å². The third-order valence-electron chi connectivity index (χ3n) is 12.2. The Morgan fingerprint density at radius 2 is 0.785 bits per heavy atom. The molecule has 0 radical (unpaired) electrons. The van der Waals surface area contributed by atoms with Gasteiger partial charge in [0.15, 0.2) is 6.10 Å². The van der Waals surface area contributed by atoms with Crippen LogP contribution in [0, 0.1) is 0 Å². The molecule has 0 aromatic heterocycles. The maximum atomic E-state index is 12.8. The van der Waals surface area contributed by atoms with Gasteiger partial charge >= 0.3 is 19.8 Å². The first-order chi connectivity index (χ1) is 31.5. The van der Waals surface area contributed by atoms with Gasteiger partial charge < -0.3 is 18.9 Å². The zero-order valence-electron chi connectivity index (χ0n) is 43.5. The minimum atomic E-state index is -4.38. The Morgan fingerprint density at radius 1 is 0.462 bits per heavy atom. The molecule has 9 nitrogen and oxygen atoms in total. The highest BCUT2D eigenvalue weighted by molar-refractivity contribution is 7.47. The van der Waals surface area contributed by atoms with Gasteiger partial charge in [0.25, 0.3) is 0 Å². The number of rotatable bonds is 51. The van der Waals surface area contributed by atoms with Crippen LogP contribution in [0.4, 0.5) is 0 Å². The van der Waals surface area contributed by atoms with Gasteiger partial charge in [-0.15, -0.1) is 0 Å². The van der Waals surface area contributed by atoms with E-state index in [-0.39, 0.29) is 32.0 Å². The van der Waals surface area contributed by atoms with Gasteiger partial charge in [0, 0.05) is 12.8 Å². The summed E-state index contributed by atoms with van der Waals surface area (Å²) in [6.07, 6.45) is 55.3. The third-order valence-corrected chi connectivity index (χ3v) is 13.2. The maximum Gasteiger partial charge on any atom is 0.472 e. The molecule has 0 aliphatic carbocycles. The summed E-state index contributed by atoms with van der Waals surface area (Å²) in [5.74, 6) is -0.796. The van der Waals surface area contributed by atoms with Crippen LogP contribution in [0.25, 0.3) is 0 Å². The monoisotopic (exact) mass is 941 g/mol. The first-order valence-corrected chi connectivity index (χ1v) is 29.1. The van der Waals surface area contributed by atoms with Gasteiger partial charge in [-0.3, -0.25) is 18.6 Å². The van der Waals surface area contributed by atoms with Crippen molar-refractivity contribution in [1.29, 1.82) is 0 Å². The molecule has 0 rings (SSSR count). The molecular formula is C55H107NO8P+. The molecule has 0 fully saturated rings. The molecule has 0 saturated heterocycles. The fourth-order valence-electron chi connectivity index (χ4n) is 7.89. The second kappa shape index (κ2) is 47.6. The lowest BCUT2D eigenvalue weighted by atomic mass is 10.0. The molecule has 65 heavy (non-hydrogen) atoms. The van der Waals surface area contributed by atoms with E-state index in [9.17, 15) is 19.0 Å². The average molecular weight is 941 g/mol. The highest BCUT2D eigenvalue weighted by Crippen LogP contribution is 2.43. The SMILES string of the molecule is CCCCCCC/C=C\CCCCCCCC(=O)OCC(COP(=O)(O)OCC[N+](C)(C)C)OC(=O)CCCCCCCCCCCCCCCCC/C=C\CCCCCCCCCC. The molecule has 0 aromatic carbocycles. The molecule has 0 spiro atoms. The number of unbranched alkanes of at least 4 members (excludes halogenated alkanes) is 33. The zero-order chi connectivity index (χ0) is 47.8. The average Bonchev–Trinajstić information content (AvgIpc) is 3.26. The number of quaternary nitrogens is 1. The Labute approximate surface area is 402 Å². The van der Waals surface area contributed by atoms with Gasteiger partial charge in [0.2, 0.25) is 0 Å². The summed E-state index contributed by atoms with van der Waals surface area (Å²) >= 11 is 0. The molecule has 384 valence electrons. The van der Waals surface area contributed by atoms with Crippen molar-refractivity contribution in [2.24, 2.45) is 0 Å². The highest BCUT2D eigenvalue weighted by Gasteiger charge is 2.27. The predicted octanol–water partition coefficient (Wildman–Crippen LogP) is 16.6. The number of hydrogen-bond donors (Lipinski definition) is 1. The molecule has 10 heteroatoms. The molecule has 0 amide bonds. The molecule has 1 N–H and O–H groups in total. The van der Waals surface area contributed by atoms with Gasteiger partial charge in [0.1, 0.15) is 19.8 Å². The normalized spacial score (nSPS) is 13.5. The largest absolute Gasteiger partial charge is 0.472 e. The lowest BCUT2D eigenvalue weighted by Gasteiger charge is -2.24. The van der Waals surface area contributed by atoms with E-state index in [2.05, 4.69) is 38.2 Å². The number of carbonyl (C=O) groups excluding carboxylic acids is 2. The minimum absolute atomic E-state index is 0.0325. The van der Waals surface area contributed by atoms with Crippen molar-refractivity contribution in [2.75, 3.05) is 47.5 Å². The highest BCUT2D eigenvalue weighted by atomic mass is 31.2. The Hall–Kier alpha value is -1.51. The van der Waals surface area contributed by atoms with Gasteiger partial charge in [-0.1, -0.05) is 212 Å². The molecule has 2 atom stereocenters. The van der Waals surface area contributed by atoms with Gasteiger partial charge in [-0.25, -0.2) is 4.57 Å². The number of carbonyl (C=O) groups is 2. The van der Waals surface area contributed by atoms with Crippen LogP contribution in [0.5, 0.6) is 0 Å². The van der Waals surface area contributed by atoms with E-state index in [1.165, 1.54) is 180 Å². The Morgan fingerprint density at radius 3 is 1.14 bits per heavy atom. The van der Waals surface area contributed by atoms with Crippen LogP contribution in [0.15, 0.2) is 24.3 Å². The number of esters is 2. The van der Waals surface area contributed by atoms with E-state index in [0.717, 1.165) is 51.4 Å². The van der Waals surface area contributed by atoms with Crippen LogP contribution in [-0.2, 0) is 32.7 Å². The summed E-state index contributed by atoms with van der Waals surface area (Å²) in [4.78, 5) is 35.6. The van der Waals surface area contributed by atoms with Crippen LogP contribution >= 0.6 is 7.82 Å². The minimum Gasteiger partial charge on any atom is -0.462 e. The van der Waals surface area contributed by atoms with Crippen molar-refractivity contribution < 1.29 is 42.1 Å². The Bertz CT molecular complexity index is 1150. The second-order valence-electron chi connectivity index (χ2n) is 20.0. The lowest BCUT2D eigenvalue weighted by molar-refractivity contribution is -0.870. The molecule has 0 aromatic rings. The summed E-state index contributed by atoms with van der Waals surface area (Å²) < 4.78 is 34.5. The van der Waals surface area contributed by atoms with Crippen LogP contribution in [0.1, 0.15) is 264 Å². The zero-order valence-corrected chi connectivity index (χ0v) is 44.4. The van der Waals surface area contributed by atoms with Crippen LogP contribution < -0.4 is 0 Å². The van der Waals surface area contributed by atoms with E-state index in [1.807, 2.05) is 21.1 Å². The predicted molar refractivity (Wildman–Crippen MR) is 275 cm³/mol. The standard InChI is InChI=1S/C55H106NO8P/c1-6-8-10-12-14-16-18-20-22-23-24-25-26-27-28-29-30-31-32-33-34-36-38-40-42-44-46-48-55(58)64-53(52-63-65(59,60)62-50-49-56(3,4)5)51-61-54(57)47-45-43-41-39-37-35-21-19-17-15-13-11-9-7-2/h19,21,23-24,53H,6-18,20,22,25-52H2,1-5H3/p+1/b21-19-,24-23-. The topological polar surface area (TPSA) is 108 Å². The Balaban J connectivity index is 4.11. The molecule has 0 saturated carbocycles. The van der Waals surface area contributed by atoms with Crippen molar-refractivity contribution >= 4 is 19.8 Å². The summed E-state index contributed by atoms with van der Waals surface area (Å²) in [5, 5.41) is 0. The molecule has 2 unspecified atom stereocenters. The molecule has 0 aliphatic rings. The maximum absolute atomic E-state index is 12.8. The van der Waals surface area contributed by atoms with Crippen molar-refractivity contribution in [1.82, 2.24) is 0 Å². The third kappa shape index (κ3) is 51.7. The summed E-state index contributed by atoms with van der Waals surface area (Å²) in [6, 6.07) is 0. The van der Waals surface area contributed by atoms with Crippen LogP contribution in [0.2, 0.25) is 0 Å². The van der Waals surface area contributed by atoms with Crippen LogP contribution in [0.3, 0.4) is 0 Å². The van der Waals surface area contributed by atoms with E-state index < -0.39 is 26.5 Å². The smallest absolute Gasteiger partial charge is 0.462 e. The number of phosphoric acid groups is 1.